The van der Waals surface area contributed by atoms with Crippen LogP contribution < -0.4 is 0 Å². The molecule has 0 unspecified atom stereocenters. The van der Waals surface area contributed by atoms with Crippen LogP contribution in [0.3, 0.4) is 0 Å². The van der Waals surface area contributed by atoms with E-state index in [2.05, 4.69) is 15.9 Å². The normalized spacial score (nSPS) is 15.2. The lowest BCUT2D eigenvalue weighted by Crippen LogP contribution is -2.21. The third-order valence-corrected chi connectivity index (χ3v) is 5.13. The quantitative estimate of drug-likeness (QED) is 0.737. The topological polar surface area (TPSA) is 76.0 Å². The zero-order valence-electron chi connectivity index (χ0n) is 10.8. The number of hydrogen-bond donors (Lipinski definition) is 2. The van der Waals surface area contributed by atoms with Crippen molar-refractivity contribution in [1.82, 2.24) is 0 Å². The molecule has 0 spiro atoms. The molecule has 108 valence electrons. The van der Waals surface area contributed by atoms with Gasteiger partial charge in [0.25, 0.3) is 0 Å². The summed E-state index contributed by atoms with van der Waals surface area (Å²) in [5.74, 6) is -1.62. The minimum atomic E-state index is -3.75. The number of hydrogen-bond acceptors (Lipinski definition) is 5. The second kappa shape index (κ2) is 7.53. The van der Waals surface area contributed by atoms with Crippen molar-refractivity contribution in [3.63, 3.8) is 0 Å². The summed E-state index contributed by atoms with van der Waals surface area (Å²) in [4.78, 5) is 0. The molecule has 5 nitrogen and oxygen atoms in total. The van der Waals surface area contributed by atoms with E-state index in [0.29, 0.717) is 5.56 Å². The van der Waals surface area contributed by atoms with Crippen LogP contribution in [0.2, 0.25) is 0 Å². The van der Waals surface area contributed by atoms with Gasteiger partial charge in [-0.3, -0.25) is 4.57 Å². The van der Waals surface area contributed by atoms with Crippen molar-refractivity contribution < 1.29 is 23.8 Å². The van der Waals surface area contributed by atoms with Crippen molar-refractivity contribution in [1.29, 1.82) is 0 Å². The van der Waals surface area contributed by atoms with Crippen molar-refractivity contribution in [2.45, 2.75) is 25.8 Å². The number of benzene rings is 1. The van der Waals surface area contributed by atoms with E-state index in [0.717, 1.165) is 4.47 Å². The van der Waals surface area contributed by atoms with Crippen LogP contribution in [0.25, 0.3) is 0 Å². The van der Waals surface area contributed by atoms with Crippen LogP contribution in [-0.2, 0) is 13.6 Å². The molecular formula is C12H18BrO5P. The maximum absolute atomic E-state index is 12.3. The van der Waals surface area contributed by atoms with E-state index in [1.54, 1.807) is 38.1 Å². The highest BCUT2D eigenvalue weighted by molar-refractivity contribution is 9.10. The van der Waals surface area contributed by atoms with E-state index < -0.39 is 19.5 Å². The summed E-state index contributed by atoms with van der Waals surface area (Å²) < 4.78 is 23.2. The molecular weight excluding hydrogens is 335 g/mol. The molecule has 0 saturated heterocycles. The lowest BCUT2D eigenvalue weighted by Gasteiger charge is -2.26. The average molecular weight is 353 g/mol. The summed E-state index contributed by atoms with van der Waals surface area (Å²) in [5, 5.41) is 20.1. The second-order valence-corrected chi connectivity index (χ2v) is 6.83. The minimum Gasteiger partial charge on any atom is -0.385 e. The molecule has 0 fully saturated rings. The summed E-state index contributed by atoms with van der Waals surface area (Å²) in [5.41, 5.74) is 0.440. The molecule has 1 aromatic carbocycles. The van der Waals surface area contributed by atoms with E-state index in [1.165, 1.54) is 0 Å². The van der Waals surface area contributed by atoms with Crippen molar-refractivity contribution in [3.8, 4) is 0 Å². The van der Waals surface area contributed by atoms with Gasteiger partial charge < -0.3 is 19.3 Å². The van der Waals surface area contributed by atoms with Gasteiger partial charge in [-0.25, -0.2) is 0 Å². The summed E-state index contributed by atoms with van der Waals surface area (Å²) >= 11 is 3.27. The van der Waals surface area contributed by atoms with Gasteiger partial charge in [0, 0.05) is 4.47 Å². The Bertz CT molecular complexity index is 426. The van der Waals surface area contributed by atoms with Gasteiger partial charge in [-0.1, -0.05) is 28.1 Å². The van der Waals surface area contributed by atoms with Crippen molar-refractivity contribution in [2.24, 2.45) is 0 Å². The Morgan fingerprint density at radius 2 is 1.63 bits per heavy atom. The molecule has 1 rings (SSSR count). The largest absolute Gasteiger partial charge is 0.385 e. The molecule has 2 N–H and O–H groups in total. The Hall–Kier alpha value is -0.230. The van der Waals surface area contributed by atoms with Crippen LogP contribution in [0.5, 0.6) is 0 Å². The Balaban J connectivity index is 2.92. The molecule has 0 aliphatic carbocycles. The molecule has 19 heavy (non-hydrogen) atoms. The molecule has 7 heteroatoms. The first-order valence-electron chi connectivity index (χ1n) is 5.95. The molecule has 0 radical (unpaired) electrons. The smallest absolute Gasteiger partial charge is 0.361 e. The zero-order chi connectivity index (χ0) is 14.5. The van der Waals surface area contributed by atoms with Crippen LogP contribution in [0.4, 0.5) is 0 Å². The van der Waals surface area contributed by atoms with Crippen LogP contribution in [0, 0.1) is 0 Å². The SMILES string of the molecule is CCOP(=O)(OCC)[C@H](O)[C@@H](O)c1ccc(Br)cc1. The molecule has 1 aromatic rings. The highest BCUT2D eigenvalue weighted by atomic mass is 79.9. The van der Waals surface area contributed by atoms with Crippen molar-refractivity contribution in [3.05, 3.63) is 34.3 Å². The summed E-state index contributed by atoms with van der Waals surface area (Å²) in [6.45, 7) is 3.54. The van der Waals surface area contributed by atoms with Gasteiger partial charge in [0.2, 0.25) is 0 Å². The number of rotatable bonds is 7. The first-order valence-corrected chi connectivity index (χ1v) is 8.35. The van der Waals surface area contributed by atoms with Crippen molar-refractivity contribution >= 4 is 23.5 Å². The minimum absolute atomic E-state index is 0.126. The monoisotopic (exact) mass is 352 g/mol. The predicted molar refractivity (Wildman–Crippen MR) is 76.0 cm³/mol. The maximum atomic E-state index is 12.3. The van der Waals surface area contributed by atoms with Crippen LogP contribution in [0.15, 0.2) is 28.7 Å². The highest BCUT2D eigenvalue weighted by Gasteiger charge is 2.39. The number of aliphatic hydroxyl groups excluding tert-OH is 2. The van der Waals surface area contributed by atoms with E-state index in [4.69, 9.17) is 9.05 Å². The fourth-order valence-electron chi connectivity index (χ4n) is 1.55. The van der Waals surface area contributed by atoms with Gasteiger partial charge in [-0.15, -0.1) is 0 Å². The van der Waals surface area contributed by atoms with Gasteiger partial charge >= 0.3 is 7.60 Å². The Labute approximate surface area is 121 Å². The molecule has 0 aliphatic rings. The number of aliphatic hydroxyl groups is 2. The lowest BCUT2D eigenvalue weighted by atomic mass is 10.1. The van der Waals surface area contributed by atoms with Gasteiger partial charge in [0.15, 0.2) is 5.85 Å². The Morgan fingerprint density at radius 3 is 2.05 bits per heavy atom. The van der Waals surface area contributed by atoms with Gasteiger partial charge in [0.05, 0.1) is 13.2 Å². The summed E-state index contributed by atoms with van der Waals surface area (Å²) in [6, 6.07) is 6.69. The zero-order valence-corrected chi connectivity index (χ0v) is 13.3. The first kappa shape index (κ1) is 16.8. The summed E-state index contributed by atoms with van der Waals surface area (Å²) in [6.07, 6.45) is -1.34. The Kier molecular flexibility index (Phi) is 6.66. The molecule has 0 saturated carbocycles. The van der Waals surface area contributed by atoms with Crippen molar-refractivity contribution in [2.75, 3.05) is 13.2 Å². The fourth-order valence-corrected chi connectivity index (χ4v) is 3.44. The predicted octanol–water partition coefficient (Wildman–Crippen LogP) is 3.07. The fraction of sp³-hybridized carbons (Fsp3) is 0.500. The van der Waals surface area contributed by atoms with E-state index >= 15 is 0 Å². The first-order chi connectivity index (χ1) is 8.94. The van der Waals surface area contributed by atoms with Crippen LogP contribution >= 0.6 is 23.5 Å². The second-order valence-electron chi connectivity index (χ2n) is 3.79. The molecule has 0 aromatic heterocycles. The number of halogens is 1. The molecule has 2 atom stereocenters. The van der Waals surface area contributed by atoms with E-state index in [9.17, 15) is 14.8 Å². The maximum Gasteiger partial charge on any atom is 0.361 e. The third-order valence-electron chi connectivity index (χ3n) is 2.44. The van der Waals surface area contributed by atoms with Gasteiger partial charge in [-0.05, 0) is 31.5 Å². The van der Waals surface area contributed by atoms with E-state index in [-0.39, 0.29) is 13.2 Å². The standard InChI is InChI=1S/C12H18BrO5P/c1-3-17-19(16,18-4-2)12(15)11(14)9-5-7-10(13)8-6-9/h5-8,11-12,14-15H,3-4H2,1-2H3/t11-,12-/m0/s1. The van der Waals surface area contributed by atoms with Gasteiger partial charge in [0.1, 0.15) is 6.10 Å². The lowest BCUT2D eigenvalue weighted by molar-refractivity contribution is 0.0401. The highest BCUT2D eigenvalue weighted by Crippen LogP contribution is 2.55. The van der Waals surface area contributed by atoms with Crippen LogP contribution in [-0.4, -0.2) is 29.3 Å². The Morgan fingerprint density at radius 1 is 1.16 bits per heavy atom. The average Bonchev–Trinajstić information content (AvgIpc) is 2.38. The molecule has 0 heterocycles. The van der Waals surface area contributed by atoms with E-state index in [1.807, 2.05) is 0 Å². The molecule has 0 aliphatic heterocycles. The third kappa shape index (κ3) is 4.38. The van der Waals surface area contributed by atoms with Crippen LogP contribution in [0.1, 0.15) is 25.5 Å². The molecule has 0 amide bonds. The van der Waals surface area contributed by atoms with Gasteiger partial charge in [-0.2, -0.15) is 0 Å². The molecule has 0 bridgehead atoms. The summed E-state index contributed by atoms with van der Waals surface area (Å²) in [7, 11) is -3.75.